The van der Waals surface area contributed by atoms with E-state index in [0.717, 1.165) is 0 Å². The number of methoxy groups -OCH3 is 6. The van der Waals surface area contributed by atoms with Crippen LogP contribution in [0, 0.1) is 0 Å². The van der Waals surface area contributed by atoms with Gasteiger partial charge in [-0.3, -0.25) is 4.72 Å². The van der Waals surface area contributed by atoms with Gasteiger partial charge in [0.2, 0.25) is 5.75 Å². The molecule has 3 aromatic carbocycles. The summed E-state index contributed by atoms with van der Waals surface area (Å²) in [6.45, 7) is 0. The van der Waals surface area contributed by atoms with Gasteiger partial charge in [0.05, 0.1) is 53.2 Å². The van der Waals surface area contributed by atoms with Crippen molar-refractivity contribution >= 4 is 27.9 Å². The van der Waals surface area contributed by atoms with Crippen LogP contribution in [0.1, 0.15) is 11.1 Å². The topological polar surface area (TPSA) is 122 Å². The molecule has 0 aliphatic heterocycles. The van der Waals surface area contributed by atoms with E-state index in [9.17, 15) is 13.5 Å². The Hall–Kier alpha value is -4.25. The standard InChI is InChI=1S/C26H29NO9S/c1-31-21-10-9-18(14-23(21)33-3)37(29,30)27-19-15-22(32-2)20(28)13-17(19)8-7-16-11-24(34-4)26(36-6)25(12-16)35-5/h7-15,27-28H,1-6H3. The van der Waals surface area contributed by atoms with Gasteiger partial charge in [-0.25, -0.2) is 8.42 Å². The second kappa shape index (κ2) is 11.7. The lowest BCUT2D eigenvalue weighted by atomic mass is 10.1. The number of phenolic OH excluding ortho intramolecular Hbond substituents is 1. The van der Waals surface area contributed by atoms with E-state index in [1.165, 1.54) is 73.0 Å². The summed E-state index contributed by atoms with van der Waals surface area (Å²) < 4.78 is 60.8. The van der Waals surface area contributed by atoms with E-state index in [2.05, 4.69) is 4.72 Å². The minimum absolute atomic E-state index is 0.0447. The number of benzene rings is 3. The van der Waals surface area contributed by atoms with Crippen LogP contribution in [0.5, 0.6) is 40.2 Å². The van der Waals surface area contributed by atoms with Crippen LogP contribution >= 0.6 is 0 Å². The van der Waals surface area contributed by atoms with Crippen molar-refractivity contribution in [3.05, 3.63) is 53.6 Å². The Labute approximate surface area is 216 Å². The number of hydrogen-bond donors (Lipinski definition) is 2. The fourth-order valence-electron chi connectivity index (χ4n) is 3.55. The summed E-state index contributed by atoms with van der Waals surface area (Å²) in [6.07, 6.45) is 3.34. The molecule has 0 unspecified atom stereocenters. The molecule has 0 atom stereocenters. The highest BCUT2D eigenvalue weighted by Crippen LogP contribution is 2.40. The second-order valence-corrected chi connectivity index (χ2v) is 9.21. The Morgan fingerprint density at radius 2 is 1.27 bits per heavy atom. The third-order valence-electron chi connectivity index (χ3n) is 5.40. The summed E-state index contributed by atoms with van der Waals surface area (Å²) in [5.74, 6) is 1.92. The molecule has 0 amide bonds. The number of aromatic hydroxyl groups is 1. The van der Waals surface area contributed by atoms with E-state index in [-0.39, 0.29) is 27.8 Å². The number of nitrogens with one attached hydrogen (secondary N) is 1. The van der Waals surface area contributed by atoms with Crippen LogP contribution in [-0.2, 0) is 10.0 Å². The minimum atomic E-state index is -4.06. The smallest absolute Gasteiger partial charge is 0.262 e. The zero-order chi connectivity index (χ0) is 27.2. The fraction of sp³-hybridized carbons (Fsp3) is 0.231. The first-order valence-electron chi connectivity index (χ1n) is 10.8. The van der Waals surface area contributed by atoms with Crippen molar-refractivity contribution in [3.8, 4) is 40.2 Å². The molecule has 0 spiro atoms. The van der Waals surface area contributed by atoms with Crippen LogP contribution in [0.15, 0.2) is 47.4 Å². The molecule has 0 radical (unpaired) electrons. The first-order valence-corrected chi connectivity index (χ1v) is 12.3. The number of rotatable bonds is 11. The number of sulfonamides is 1. The molecule has 0 saturated carbocycles. The SMILES string of the molecule is COc1cc(NS(=O)(=O)c2ccc(OC)c(OC)c2)c(C=Cc2cc(OC)c(OC)c(OC)c2)cc1O. The maximum absolute atomic E-state index is 13.2. The largest absolute Gasteiger partial charge is 0.504 e. The van der Waals surface area contributed by atoms with Crippen molar-refractivity contribution < 1.29 is 41.9 Å². The van der Waals surface area contributed by atoms with Gasteiger partial charge in [0.1, 0.15) is 0 Å². The van der Waals surface area contributed by atoms with Gasteiger partial charge in [-0.15, -0.1) is 0 Å². The summed E-state index contributed by atoms with van der Waals surface area (Å²) >= 11 is 0. The van der Waals surface area contributed by atoms with E-state index in [1.54, 1.807) is 24.3 Å². The van der Waals surface area contributed by atoms with Gasteiger partial charge in [0.25, 0.3) is 10.0 Å². The fourth-order valence-corrected chi connectivity index (χ4v) is 4.64. The molecule has 37 heavy (non-hydrogen) atoms. The van der Waals surface area contributed by atoms with Gasteiger partial charge in [0.15, 0.2) is 34.5 Å². The zero-order valence-electron chi connectivity index (χ0n) is 21.3. The van der Waals surface area contributed by atoms with Crippen molar-refractivity contribution in [3.63, 3.8) is 0 Å². The molecule has 0 aliphatic rings. The summed E-state index contributed by atoms with van der Waals surface area (Å²) in [6, 6.07) is 10.5. The number of hydrogen-bond acceptors (Lipinski definition) is 9. The molecule has 10 nitrogen and oxygen atoms in total. The highest BCUT2D eigenvalue weighted by atomic mass is 32.2. The monoisotopic (exact) mass is 531 g/mol. The van der Waals surface area contributed by atoms with Crippen LogP contribution in [0.2, 0.25) is 0 Å². The Morgan fingerprint density at radius 1 is 0.676 bits per heavy atom. The summed E-state index contributed by atoms with van der Waals surface area (Å²) in [4.78, 5) is -0.0447. The first kappa shape index (κ1) is 27.3. The molecule has 0 saturated heterocycles. The van der Waals surface area contributed by atoms with Gasteiger partial charge < -0.3 is 33.5 Å². The Bertz CT molecular complexity index is 1380. The average Bonchev–Trinajstić information content (AvgIpc) is 2.91. The molecule has 0 aromatic heterocycles. The predicted octanol–water partition coefficient (Wildman–Crippen LogP) is 4.42. The van der Waals surface area contributed by atoms with Crippen LogP contribution < -0.4 is 33.1 Å². The van der Waals surface area contributed by atoms with Gasteiger partial charge in [-0.1, -0.05) is 12.2 Å². The van der Waals surface area contributed by atoms with E-state index >= 15 is 0 Å². The lowest BCUT2D eigenvalue weighted by Crippen LogP contribution is -2.14. The number of phenols is 1. The second-order valence-electron chi connectivity index (χ2n) is 7.53. The molecule has 0 heterocycles. The number of anilines is 1. The Kier molecular flexibility index (Phi) is 8.61. The van der Waals surface area contributed by atoms with Crippen LogP contribution in [-0.4, -0.2) is 56.2 Å². The molecule has 0 bridgehead atoms. The predicted molar refractivity (Wildman–Crippen MR) is 140 cm³/mol. The molecule has 3 rings (SSSR count). The van der Waals surface area contributed by atoms with Crippen molar-refractivity contribution in [2.75, 3.05) is 47.4 Å². The normalized spacial score (nSPS) is 11.2. The van der Waals surface area contributed by atoms with Crippen LogP contribution in [0.3, 0.4) is 0 Å². The quantitative estimate of drug-likeness (QED) is 0.274. The third kappa shape index (κ3) is 5.95. The first-order chi connectivity index (χ1) is 17.7. The van der Waals surface area contributed by atoms with Gasteiger partial charge >= 0.3 is 0 Å². The molecule has 11 heteroatoms. The molecule has 198 valence electrons. The zero-order valence-corrected chi connectivity index (χ0v) is 22.1. The van der Waals surface area contributed by atoms with Crippen LogP contribution in [0.4, 0.5) is 5.69 Å². The van der Waals surface area contributed by atoms with Crippen molar-refractivity contribution in [1.82, 2.24) is 0 Å². The lowest BCUT2D eigenvalue weighted by molar-refractivity contribution is 0.324. The van der Waals surface area contributed by atoms with Crippen LogP contribution in [0.25, 0.3) is 12.2 Å². The lowest BCUT2D eigenvalue weighted by Gasteiger charge is -2.15. The highest BCUT2D eigenvalue weighted by Gasteiger charge is 2.20. The molecule has 0 aliphatic carbocycles. The molecular weight excluding hydrogens is 502 g/mol. The maximum Gasteiger partial charge on any atom is 0.262 e. The van der Waals surface area contributed by atoms with Gasteiger partial charge in [-0.05, 0) is 35.9 Å². The van der Waals surface area contributed by atoms with E-state index in [1.807, 2.05) is 0 Å². The number of ether oxygens (including phenoxy) is 6. The molecule has 3 aromatic rings. The summed E-state index contributed by atoms with van der Waals surface area (Å²) in [5, 5.41) is 10.4. The van der Waals surface area contributed by atoms with E-state index in [0.29, 0.717) is 34.1 Å². The van der Waals surface area contributed by atoms with E-state index in [4.69, 9.17) is 28.4 Å². The summed E-state index contributed by atoms with van der Waals surface area (Å²) in [5.41, 5.74) is 1.22. The Balaban J connectivity index is 2.06. The van der Waals surface area contributed by atoms with Crippen molar-refractivity contribution in [2.24, 2.45) is 0 Å². The average molecular weight is 532 g/mol. The third-order valence-corrected chi connectivity index (χ3v) is 6.77. The summed E-state index contributed by atoms with van der Waals surface area (Å²) in [7, 11) is 4.70. The minimum Gasteiger partial charge on any atom is -0.504 e. The maximum atomic E-state index is 13.2. The van der Waals surface area contributed by atoms with Gasteiger partial charge in [-0.2, -0.15) is 0 Å². The highest BCUT2D eigenvalue weighted by molar-refractivity contribution is 7.92. The van der Waals surface area contributed by atoms with E-state index < -0.39 is 10.0 Å². The molecular formula is C26H29NO9S. The molecule has 2 N–H and O–H groups in total. The van der Waals surface area contributed by atoms with Crippen molar-refractivity contribution in [2.45, 2.75) is 4.90 Å². The molecule has 0 fully saturated rings. The van der Waals surface area contributed by atoms with Crippen molar-refractivity contribution in [1.29, 1.82) is 0 Å². The Morgan fingerprint density at radius 3 is 1.81 bits per heavy atom. The van der Waals surface area contributed by atoms with Gasteiger partial charge in [0, 0.05) is 17.7 Å².